The van der Waals surface area contributed by atoms with Gasteiger partial charge in [-0.15, -0.1) is 0 Å². The zero-order chi connectivity index (χ0) is 71.9. The Morgan fingerprint density at radius 3 is 1.21 bits per heavy atom. The van der Waals surface area contributed by atoms with Crippen LogP contribution in [0.3, 0.4) is 0 Å². The molecule has 0 aliphatic carbocycles. The van der Waals surface area contributed by atoms with E-state index in [9.17, 15) is 84.3 Å². The molecule has 36 heteroatoms. The topological polar surface area (TPSA) is 519 Å². The van der Waals surface area contributed by atoms with Crippen molar-refractivity contribution in [3.63, 3.8) is 0 Å². The number of aliphatic hydroxyl groups is 9. The first-order valence-corrected chi connectivity index (χ1v) is 33.2. The minimum absolute atomic E-state index is 0.0390. The van der Waals surface area contributed by atoms with E-state index in [4.69, 9.17) is 47.4 Å². The number of unbranched alkanes of at least 4 members (excludes halogenated alkanes) is 3. The first-order valence-electron chi connectivity index (χ1n) is 33.2. The van der Waals surface area contributed by atoms with E-state index in [1.54, 1.807) is 0 Å². The van der Waals surface area contributed by atoms with Crippen molar-refractivity contribution in [2.45, 2.75) is 222 Å². The summed E-state index contributed by atoms with van der Waals surface area (Å²) in [7, 11) is 0. The molecule has 0 bridgehead atoms. The van der Waals surface area contributed by atoms with Gasteiger partial charge in [-0.05, 0) is 65.8 Å². The van der Waals surface area contributed by atoms with Crippen LogP contribution in [-0.4, -0.2) is 321 Å². The van der Waals surface area contributed by atoms with Gasteiger partial charge in [0.25, 0.3) is 0 Å². The number of rotatable bonds is 49. The molecule has 8 amide bonds. The molecule has 17 unspecified atom stereocenters. The van der Waals surface area contributed by atoms with Crippen LogP contribution < -0.4 is 47.9 Å². The Kier molecular flexibility index (Phi) is 42.6. The number of carbonyl (C=O) groups is 8. The van der Waals surface area contributed by atoms with E-state index in [2.05, 4.69) is 47.9 Å². The van der Waals surface area contributed by atoms with Crippen molar-refractivity contribution in [2.75, 3.05) is 119 Å². The van der Waals surface area contributed by atoms with E-state index in [0.29, 0.717) is 32.7 Å². The van der Waals surface area contributed by atoms with Crippen LogP contribution in [-0.2, 0) is 85.7 Å². The number of aliphatic hydroxyl groups excluding tert-OH is 9. The summed E-state index contributed by atoms with van der Waals surface area (Å²) >= 11 is 0. The summed E-state index contributed by atoms with van der Waals surface area (Å²) in [5, 5.41) is 116. The Bertz CT molecular complexity index is 2300. The normalized spacial score (nSPS) is 26.4. The zero-order valence-corrected chi connectivity index (χ0v) is 56.7. The Morgan fingerprint density at radius 2 is 0.794 bits per heavy atom. The monoisotopic (exact) mass is 1400 g/mol. The second-order valence-corrected chi connectivity index (χ2v) is 24.6. The predicted molar refractivity (Wildman–Crippen MR) is 339 cm³/mol. The number of ether oxygens (including phenoxy) is 10. The first kappa shape index (κ1) is 86.2. The number of hydrogen-bond donors (Lipinski definition) is 18. The molecule has 17 atom stereocenters. The van der Waals surface area contributed by atoms with Crippen molar-refractivity contribution in [2.24, 2.45) is 0 Å². The van der Waals surface area contributed by atoms with E-state index >= 15 is 0 Å². The molecule has 97 heavy (non-hydrogen) atoms. The first-order chi connectivity index (χ1) is 46.2. The Hall–Kier alpha value is -5.04. The highest BCUT2D eigenvalue weighted by Crippen LogP contribution is 2.25. The zero-order valence-electron chi connectivity index (χ0n) is 56.7. The van der Waals surface area contributed by atoms with Crippen molar-refractivity contribution in [1.82, 2.24) is 47.9 Å². The third-order valence-electron chi connectivity index (χ3n) is 15.3. The summed E-state index contributed by atoms with van der Waals surface area (Å²) < 4.78 is 56.3. The van der Waals surface area contributed by atoms with Gasteiger partial charge in [-0.25, -0.2) is 0 Å². The Balaban J connectivity index is 1.61. The fourth-order valence-electron chi connectivity index (χ4n) is 10.3. The predicted octanol–water partition coefficient (Wildman–Crippen LogP) is -7.07. The van der Waals surface area contributed by atoms with Gasteiger partial charge in [0.2, 0.25) is 47.3 Å². The molecule has 0 aromatic carbocycles. The fraction of sp³-hybridized carbons (Fsp3) is 0.869. The van der Waals surface area contributed by atoms with Crippen molar-refractivity contribution in [3.8, 4) is 0 Å². The molecule has 3 saturated heterocycles. The van der Waals surface area contributed by atoms with Gasteiger partial charge in [0.15, 0.2) is 18.9 Å². The SMILES string of the molecule is CC(=O)NC1C(OCCOCCNCCCC(NC(=O)CCC(NC(=O)CCCC(=O)NCCCCCCOC(C)(C)C)C(=O)NCCOCCOC2OC(CO)C(O)C(O)C2NC(C)=O)C(=O)NCCOCCOC2OC(CO)C(O)C(O)C2NC(C)=O)OC(CO)C(O)C1O. The maximum absolute atomic E-state index is 13.8. The Labute approximate surface area is 565 Å². The van der Waals surface area contributed by atoms with Gasteiger partial charge >= 0.3 is 0 Å². The largest absolute Gasteiger partial charge is 0.394 e. The molecule has 0 aromatic heterocycles. The number of hydrogen-bond acceptors (Lipinski definition) is 28. The highest BCUT2D eigenvalue weighted by molar-refractivity contribution is 5.90. The summed E-state index contributed by atoms with van der Waals surface area (Å²) in [5.74, 6) is -4.33. The summed E-state index contributed by atoms with van der Waals surface area (Å²) in [6, 6.07) is -5.86. The molecule has 3 fully saturated rings. The molecule has 3 aliphatic heterocycles. The maximum Gasteiger partial charge on any atom is 0.242 e. The van der Waals surface area contributed by atoms with Gasteiger partial charge in [-0.2, -0.15) is 0 Å². The molecule has 0 spiro atoms. The van der Waals surface area contributed by atoms with Crippen molar-refractivity contribution in [3.05, 3.63) is 0 Å². The van der Waals surface area contributed by atoms with Gasteiger partial charge in [-0.1, -0.05) is 12.8 Å². The molecule has 0 aromatic rings. The van der Waals surface area contributed by atoms with Crippen LogP contribution in [0.25, 0.3) is 0 Å². The molecular weight excluding hydrogens is 1290 g/mol. The number of nitrogens with one attached hydrogen (secondary N) is 9. The second kappa shape index (κ2) is 47.9. The highest BCUT2D eigenvalue weighted by Gasteiger charge is 2.48. The van der Waals surface area contributed by atoms with Crippen LogP contribution in [0.5, 0.6) is 0 Å². The lowest BCUT2D eigenvalue weighted by Gasteiger charge is -2.42. The standard InChI is InChI=1S/C61H111N9O27/c1-36(74)66-47-53(83)50(80)41(33-71)95-58(47)91-30-27-88-24-20-62-18-12-13-39(56(86)64-21-25-89-28-31-92-59-48(67-37(2)75)54(84)51(81)42(34-72)96-59)69-46(79)17-16-40(70-45(78)15-11-14-44(77)63-19-9-7-8-10-23-94-61(4,5)6)57(87)65-22-26-90-29-32-93-60-49(68-38(3)76)55(85)52(82)43(35-73)97-60/h39-43,47-55,58-60,62,71-73,80-85H,7-35H2,1-6H3,(H,63,77)(H,64,86)(H,65,87)(H,66,74)(H,67,75)(H,68,76)(H,69,79)(H,70,78). The summed E-state index contributed by atoms with van der Waals surface area (Å²) in [5.41, 5.74) is -0.211. The number of amides is 8. The molecule has 36 nitrogen and oxygen atoms in total. The average Bonchev–Trinajstić information content (AvgIpc) is 0.838. The van der Waals surface area contributed by atoms with Gasteiger partial charge in [0.05, 0.1) is 84.9 Å². The van der Waals surface area contributed by atoms with Gasteiger partial charge in [0, 0.05) is 72.8 Å². The molecular formula is C61H111N9O27. The molecule has 3 heterocycles. The Morgan fingerprint density at radius 1 is 0.402 bits per heavy atom. The third kappa shape index (κ3) is 34.3. The lowest BCUT2D eigenvalue weighted by atomic mass is 9.97. The average molecular weight is 1400 g/mol. The van der Waals surface area contributed by atoms with E-state index in [0.717, 1.165) is 25.7 Å². The van der Waals surface area contributed by atoms with Gasteiger partial charge < -0.3 is 141 Å². The molecule has 18 N–H and O–H groups in total. The molecule has 3 aliphatic rings. The van der Waals surface area contributed by atoms with Crippen molar-refractivity contribution < 1.29 is 132 Å². The smallest absolute Gasteiger partial charge is 0.242 e. The summed E-state index contributed by atoms with van der Waals surface area (Å²) in [6.45, 7) is 9.01. The van der Waals surface area contributed by atoms with Crippen molar-refractivity contribution >= 4 is 47.3 Å². The van der Waals surface area contributed by atoms with E-state index in [1.165, 1.54) is 20.8 Å². The van der Waals surface area contributed by atoms with Crippen LogP contribution in [0.2, 0.25) is 0 Å². The summed E-state index contributed by atoms with van der Waals surface area (Å²) in [6.07, 6.45) is -12.9. The second-order valence-electron chi connectivity index (χ2n) is 24.6. The van der Waals surface area contributed by atoms with E-state index in [1.807, 2.05) is 20.8 Å². The van der Waals surface area contributed by atoms with Crippen LogP contribution in [0.15, 0.2) is 0 Å². The van der Waals surface area contributed by atoms with E-state index < -0.39 is 165 Å². The molecule has 0 radical (unpaired) electrons. The van der Waals surface area contributed by atoms with Crippen LogP contribution in [0.4, 0.5) is 0 Å². The van der Waals surface area contributed by atoms with Crippen molar-refractivity contribution in [1.29, 1.82) is 0 Å². The van der Waals surface area contributed by atoms with Crippen LogP contribution in [0.1, 0.15) is 112 Å². The lowest BCUT2D eigenvalue weighted by Crippen LogP contribution is -2.64. The maximum atomic E-state index is 13.8. The fourth-order valence-corrected chi connectivity index (χ4v) is 10.3. The summed E-state index contributed by atoms with van der Waals surface area (Å²) in [4.78, 5) is 103. The van der Waals surface area contributed by atoms with Crippen LogP contribution in [0, 0.1) is 0 Å². The minimum atomic E-state index is -1.52. The molecule has 0 saturated carbocycles. The highest BCUT2D eigenvalue weighted by atomic mass is 16.7. The lowest BCUT2D eigenvalue weighted by molar-refractivity contribution is -0.272. The third-order valence-corrected chi connectivity index (χ3v) is 15.3. The minimum Gasteiger partial charge on any atom is -0.394 e. The number of carbonyl (C=O) groups excluding carboxylic acids is 8. The van der Waals surface area contributed by atoms with E-state index in [-0.39, 0.29) is 123 Å². The quantitative estimate of drug-likeness (QED) is 0.0252. The van der Waals surface area contributed by atoms with Gasteiger partial charge in [-0.3, -0.25) is 38.4 Å². The van der Waals surface area contributed by atoms with Gasteiger partial charge in [0.1, 0.15) is 85.1 Å². The molecule has 562 valence electrons. The van der Waals surface area contributed by atoms with Crippen LogP contribution >= 0.6 is 0 Å². The molecule has 3 rings (SSSR count).